The molecule has 122 valence electrons. The molecule has 2 N–H and O–H groups in total. The monoisotopic (exact) mass is 342 g/mol. The number of rotatable bonds is 5. The van der Waals surface area contributed by atoms with Crippen LogP contribution in [-0.2, 0) is 11.2 Å². The molecular weight excluding hydrogens is 328 g/mol. The van der Waals surface area contributed by atoms with Gasteiger partial charge in [-0.05, 0) is 19.1 Å². The second-order valence-electron chi connectivity index (χ2n) is 5.01. The summed E-state index contributed by atoms with van der Waals surface area (Å²) in [5.74, 6) is 0.490. The van der Waals surface area contributed by atoms with Crippen molar-refractivity contribution < 1.29 is 14.1 Å². The standard InChI is InChI=1S/C16H14N4O3S/c1-10-7-13(20-23-10)18-14(21)8-12-9-24-16(17-12)19-15(22)11-5-3-2-4-6-11/h2-7,9H,8H2,1H3,(H,17,19,22)(H,18,20,21). The number of nitrogens with zero attached hydrogens (tertiary/aromatic N) is 2. The molecule has 0 saturated carbocycles. The van der Waals surface area contributed by atoms with Gasteiger partial charge in [0.15, 0.2) is 10.9 Å². The highest BCUT2D eigenvalue weighted by Gasteiger charge is 2.12. The molecule has 3 aromatic rings. The molecule has 0 unspecified atom stereocenters. The van der Waals surface area contributed by atoms with Gasteiger partial charge in [0.05, 0.1) is 12.1 Å². The van der Waals surface area contributed by atoms with Gasteiger partial charge in [-0.2, -0.15) is 0 Å². The number of carbonyl (C=O) groups is 2. The van der Waals surface area contributed by atoms with Crippen LogP contribution < -0.4 is 10.6 Å². The van der Waals surface area contributed by atoms with E-state index in [1.54, 1.807) is 42.6 Å². The van der Waals surface area contributed by atoms with Crippen LogP contribution in [0.3, 0.4) is 0 Å². The molecule has 0 aliphatic heterocycles. The van der Waals surface area contributed by atoms with Crippen molar-refractivity contribution in [3.05, 3.63) is 58.8 Å². The zero-order chi connectivity index (χ0) is 16.9. The molecule has 2 heterocycles. The van der Waals surface area contributed by atoms with E-state index >= 15 is 0 Å². The van der Waals surface area contributed by atoms with E-state index in [9.17, 15) is 9.59 Å². The van der Waals surface area contributed by atoms with Crippen LogP contribution in [0, 0.1) is 6.92 Å². The summed E-state index contributed by atoms with van der Waals surface area (Å²) in [5.41, 5.74) is 1.12. The van der Waals surface area contributed by atoms with Gasteiger partial charge in [0.2, 0.25) is 5.91 Å². The van der Waals surface area contributed by atoms with Crippen molar-refractivity contribution in [3.8, 4) is 0 Å². The number of carbonyl (C=O) groups excluding carboxylic acids is 2. The van der Waals surface area contributed by atoms with Crippen LogP contribution in [-0.4, -0.2) is 22.0 Å². The maximum absolute atomic E-state index is 12.0. The highest BCUT2D eigenvalue weighted by Crippen LogP contribution is 2.17. The Hall–Kier alpha value is -3.00. The molecule has 0 aliphatic rings. The molecule has 0 bridgehead atoms. The van der Waals surface area contributed by atoms with Crippen molar-refractivity contribution in [2.24, 2.45) is 0 Å². The molecule has 0 saturated heterocycles. The minimum Gasteiger partial charge on any atom is -0.360 e. The van der Waals surface area contributed by atoms with Crippen molar-refractivity contribution in [3.63, 3.8) is 0 Å². The van der Waals surface area contributed by atoms with Crippen molar-refractivity contribution in [1.29, 1.82) is 0 Å². The third-order valence-corrected chi connectivity index (χ3v) is 3.85. The second-order valence-corrected chi connectivity index (χ2v) is 5.87. The Balaban J connectivity index is 1.57. The number of amides is 2. The average Bonchev–Trinajstić information content (AvgIpc) is 3.17. The summed E-state index contributed by atoms with van der Waals surface area (Å²) in [6, 6.07) is 10.5. The van der Waals surface area contributed by atoms with Crippen LogP contribution in [0.15, 0.2) is 46.3 Å². The van der Waals surface area contributed by atoms with Gasteiger partial charge in [0.25, 0.3) is 5.91 Å². The Labute approximate surface area is 141 Å². The van der Waals surface area contributed by atoms with E-state index in [0.29, 0.717) is 28.0 Å². The lowest BCUT2D eigenvalue weighted by molar-refractivity contribution is -0.115. The van der Waals surface area contributed by atoms with Crippen molar-refractivity contribution in [2.45, 2.75) is 13.3 Å². The predicted octanol–water partition coefficient (Wildman–Crippen LogP) is 2.87. The number of aromatic nitrogens is 2. The van der Waals surface area contributed by atoms with Gasteiger partial charge in [-0.25, -0.2) is 4.98 Å². The summed E-state index contributed by atoms with van der Waals surface area (Å²) in [4.78, 5) is 28.2. The van der Waals surface area contributed by atoms with Gasteiger partial charge in [0, 0.05) is 17.0 Å². The molecular formula is C16H14N4O3S. The number of hydrogen-bond donors (Lipinski definition) is 2. The first-order chi connectivity index (χ1) is 11.6. The lowest BCUT2D eigenvalue weighted by Crippen LogP contribution is -2.15. The average molecular weight is 342 g/mol. The number of thiazole rings is 1. The van der Waals surface area contributed by atoms with Crippen LogP contribution in [0.5, 0.6) is 0 Å². The summed E-state index contributed by atoms with van der Waals surface area (Å²) in [6.07, 6.45) is 0.0869. The molecule has 2 aromatic heterocycles. The van der Waals surface area contributed by atoms with Crippen molar-refractivity contribution >= 4 is 34.1 Å². The lowest BCUT2D eigenvalue weighted by Gasteiger charge is -2.01. The van der Waals surface area contributed by atoms with E-state index < -0.39 is 0 Å². The summed E-state index contributed by atoms with van der Waals surface area (Å²) >= 11 is 1.27. The quantitative estimate of drug-likeness (QED) is 0.743. The molecule has 0 radical (unpaired) electrons. The highest BCUT2D eigenvalue weighted by atomic mass is 32.1. The largest absolute Gasteiger partial charge is 0.360 e. The van der Waals surface area contributed by atoms with Crippen LogP contribution in [0.1, 0.15) is 21.8 Å². The second kappa shape index (κ2) is 7.05. The van der Waals surface area contributed by atoms with Gasteiger partial charge >= 0.3 is 0 Å². The Bertz CT molecular complexity index is 857. The Morgan fingerprint density at radius 2 is 2.00 bits per heavy atom. The molecule has 7 nitrogen and oxygen atoms in total. The van der Waals surface area contributed by atoms with Crippen LogP contribution in [0.4, 0.5) is 10.9 Å². The normalized spacial score (nSPS) is 10.4. The fourth-order valence-corrected chi connectivity index (χ4v) is 2.69. The summed E-state index contributed by atoms with van der Waals surface area (Å²) in [5, 5.41) is 11.2. The third kappa shape index (κ3) is 4.05. The lowest BCUT2D eigenvalue weighted by atomic mass is 10.2. The molecule has 2 amide bonds. The van der Waals surface area contributed by atoms with Crippen molar-refractivity contribution in [1.82, 2.24) is 10.1 Å². The molecule has 0 fully saturated rings. The number of anilines is 2. The minimum atomic E-state index is -0.255. The zero-order valence-corrected chi connectivity index (χ0v) is 13.6. The van der Waals surface area contributed by atoms with E-state index in [1.807, 2.05) is 6.07 Å². The van der Waals surface area contributed by atoms with Crippen LogP contribution in [0.2, 0.25) is 0 Å². The number of benzene rings is 1. The Kier molecular flexibility index (Phi) is 4.66. The maximum Gasteiger partial charge on any atom is 0.257 e. The zero-order valence-electron chi connectivity index (χ0n) is 12.8. The first-order valence-corrected chi connectivity index (χ1v) is 8.02. The topological polar surface area (TPSA) is 97.1 Å². The first kappa shape index (κ1) is 15.9. The molecule has 0 aliphatic carbocycles. The number of aryl methyl sites for hydroxylation is 1. The highest BCUT2D eigenvalue weighted by molar-refractivity contribution is 7.14. The van der Waals surface area contributed by atoms with Gasteiger partial charge < -0.3 is 9.84 Å². The van der Waals surface area contributed by atoms with E-state index in [4.69, 9.17) is 4.52 Å². The van der Waals surface area contributed by atoms with Crippen LogP contribution in [0.25, 0.3) is 0 Å². The predicted molar refractivity (Wildman–Crippen MR) is 90.1 cm³/mol. The van der Waals surface area contributed by atoms with E-state index in [0.717, 1.165) is 0 Å². The summed E-state index contributed by atoms with van der Waals surface area (Å²) < 4.78 is 4.88. The third-order valence-electron chi connectivity index (χ3n) is 3.05. The number of hydrogen-bond acceptors (Lipinski definition) is 6. The molecule has 0 atom stereocenters. The molecule has 24 heavy (non-hydrogen) atoms. The van der Waals surface area contributed by atoms with Gasteiger partial charge in [0.1, 0.15) is 5.76 Å². The van der Waals surface area contributed by atoms with Crippen LogP contribution >= 0.6 is 11.3 Å². The number of nitrogens with one attached hydrogen (secondary N) is 2. The Morgan fingerprint density at radius 3 is 2.71 bits per heavy atom. The fraction of sp³-hybridized carbons (Fsp3) is 0.125. The van der Waals surface area contributed by atoms with Gasteiger partial charge in [-0.1, -0.05) is 23.4 Å². The van der Waals surface area contributed by atoms with Crippen molar-refractivity contribution in [2.75, 3.05) is 10.6 Å². The SMILES string of the molecule is Cc1cc(NC(=O)Cc2csc(NC(=O)c3ccccc3)n2)no1. The smallest absolute Gasteiger partial charge is 0.257 e. The molecule has 1 aromatic carbocycles. The summed E-state index contributed by atoms with van der Waals surface area (Å²) in [7, 11) is 0. The summed E-state index contributed by atoms with van der Waals surface area (Å²) in [6.45, 7) is 1.74. The fourth-order valence-electron chi connectivity index (χ4n) is 1.98. The van der Waals surface area contributed by atoms with E-state index in [1.165, 1.54) is 11.3 Å². The van der Waals surface area contributed by atoms with E-state index in [-0.39, 0.29) is 18.2 Å². The molecule has 3 rings (SSSR count). The van der Waals surface area contributed by atoms with E-state index in [2.05, 4.69) is 20.8 Å². The molecule has 8 heteroatoms. The van der Waals surface area contributed by atoms with Gasteiger partial charge in [-0.15, -0.1) is 11.3 Å². The minimum absolute atomic E-state index is 0.0869. The molecule has 0 spiro atoms. The van der Waals surface area contributed by atoms with Gasteiger partial charge in [-0.3, -0.25) is 14.9 Å². The maximum atomic E-state index is 12.0. The Morgan fingerprint density at radius 1 is 1.21 bits per heavy atom. The first-order valence-electron chi connectivity index (χ1n) is 7.14.